The van der Waals surface area contributed by atoms with Gasteiger partial charge < -0.3 is 5.32 Å². The van der Waals surface area contributed by atoms with Crippen LogP contribution in [0.5, 0.6) is 0 Å². The third-order valence-electron chi connectivity index (χ3n) is 3.22. The minimum absolute atomic E-state index is 0.637. The molecule has 0 amide bonds. The fraction of sp³-hybridized carbons (Fsp3) is 0.125. The Bertz CT molecular complexity index is 709. The Morgan fingerprint density at radius 2 is 1.76 bits per heavy atom. The summed E-state index contributed by atoms with van der Waals surface area (Å²) in [6.45, 7) is 0.637. The Hall–Kier alpha value is -2.27. The summed E-state index contributed by atoms with van der Waals surface area (Å²) in [6, 6.07) is 18.3. The summed E-state index contributed by atoms with van der Waals surface area (Å²) in [5, 5.41) is 14.7. The Kier molecular flexibility index (Phi) is 4.21. The van der Waals surface area contributed by atoms with Crippen LogP contribution in [0.4, 0.5) is 5.69 Å². The Morgan fingerprint density at radius 3 is 2.57 bits per heavy atom. The molecule has 0 atom stereocenters. The number of hydrogen-bond acceptors (Lipinski definition) is 4. The minimum Gasteiger partial charge on any atom is -0.378 e. The van der Waals surface area contributed by atoms with Gasteiger partial charge in [-0.2, -0.15) is 15.4 Å². The van der Waals surface area contributed by atoms with Gasteiger partial charge in [-0.05, 0) is 18.4 Å². The number of nitrogens with zero attached hydrogens (tertiary/aromatic N) is 2. The third kappa shape index (κ3) is 3.08. The van der Waals surface area contributed by atoms with Gasteiger partial charge in [0.05, 0.1) is 6.54 Å². The van der Waals surface area contributed by atoms with Gasteiger partial charge in [-0.15, -0.1) is 11.8 Å². The molecule has 21 heavy (non-hydrogen) atoms. The van der Waals surface area contributed by atoms with Gasteiger partial charge >= 0.3 is 0 Å². The van der Waals surface area contributed by atoms with E-state index in [1.165, 1.54) is 4.90 Å². The van der Waals surface area contributed by atoms with Gasteiger partial charge in [-0.3, -0.25) is 0 Å². The Morgan fingerprint density at radius 1 is 1.00 bits per heavy atom. The van der Waals surface area contributed by atoms with Crippen molar-refractivity contribution in [3.8, 4) is 11.3 Å². The van der Waals surface area contributed by atoms with Gasteiger partial charge in [-0.1, -0.05) is 42.5 Å². The highest BCUT2D eigenvalue weighted by atomic mass is 32.2. The second-order valence-electron chi connectivity index (χ2n) is 4.54. The molecule has 0 aliphatic carbocycles. The molecule has 106 valence electrons. The predicted molar refractivity (Wildman–Crippen MR) is 87.4 cm³/mol. The van der Waals surface area contributed by atoms with Gasteiger partial charge in [0.1, 0.15) is 11.4 Å². The van der Waals surface area contributed by atoms with E-state index in [1.807, 2.05) is 42.5 Å². The molecule has 3 rings (SSSR count). The number of rotatable bonds is 5. The number of nitrogens with one attached hydrogen (secondary N) is 2. The number of H-pyrrole nitrogens is 1. The average molecular weight is 296 g/mol. The summed E-state index contributed by atoms with van der Waals surface area (Å²) in [5.74, 6) is 0. The lowest BCUT2D eigenvalue weighted by Crippen LogP contribution is -2.02. The quantitative estimate of drug-likeness (QED) is 0.703. The van der Waals surface area contributed by atoms with E-state index in [0.29, 0.717) is 6.54 Å². The Balaban J connectivity index is 1.79. The van der Waals surface area contributed by atoms with E-state index in [4.69, 9.17) is 0 Å². The molecule has 2 aromatic carbocycles. The second-order valence-corrected chi connectivity index (χ2v) is 5.39. The van der Waals surface area contributed by atoms with E-state index in [-0.39, 0.29) is 0 Å². The van der Waals surface area contributed by atoms with Crippen molar-refractivity contribution in [2.75, 3.05) is 11.6 Å². The average Bonchev–Trinajstić information content (AvgIpc) is 3.02. The molecule has 0 saturated heterocycles. The predicted octanol–water partition coefficient (Wildman–Crippen LogP) is 3.81. The van der Waals surface area contributed by atoms with Crippen LogP contribution in [-0.2, 0) is 6.54 Å². The number of para-hydroxylation sites is 1. The molecule has 2 N–H and O–H groups in total. The van der Waals surface area contributed by atoms with Gasteiger partial charge in [0, 0.05) is 16.1 Å². The van der Waals surface area contributed by atoms with E-state index in [1.54, 1.807) is 11.8 Å². The first kappa shape index (κ1) is 13.7. The van der Waals surface area contributed by atoms with Crippen molar-refractivity contribution in [2.24, 2.45) is 0 Å². The topological polar surface area (TPSA) is 53.6 Å². The van der Waals surface area contributed by atoms with Crippen molar-refractivity contribution in [1.29, 1.82) is 0 Å². The molecule has 0 spiro atoms. The van der Waals surface area contributed by atoms with Crippen molar-refractivity contribution >= 4 is 17.4 Å². The van der Waals surface area contributed by atoms with E-state index in [2.05, 4.69) is 39.1 Å². The highest BCUT2D eigenvalue weighted by Gasteiger charge is 2.10. The maximum Gasteiger partial charge on any atom is 0.117 e. The number of aromatic nitrogens is 3. The summed E-state index contributed by atoms with van der Waals surface area (Å²) in [7, 11) is 0. The van der Waals surface area contributed by atoms with Gasteiger partial charge in [-0.25, -0.2) is 0 Å². The van der Waals surface area contributed by atoms with Crippen LogP contribution < -0.4 is 5.32 Å². The van der Waals surface area contributed by atoms with Gasteiger partial charge in [0.25, 0.3) is 0 Å². The molecule has 3 aromatic rings. The van der Waals surface area contributed by atoms with Gasteiger partial charge in [0.2, 0.25) is 0 Å². The molecule has 5 heteroatoms. The van der Waals surface area contributed by atoms with Crippen LogP contribution in [0.2, 0.25) is 0 Å². The van der Waals surface area contributed by atoms with E-state index < -0.39 is 0 Å². The zero-order valence-electron chi connectivity index (χ0n) is 11.7. The fourth-order valence-electron chi connectivity index (χ4n) is 2.17. The monoisotopic (exact) mass is 296 g/mol. The second kappa shape index (κ2) is 6.45. The number of benzene rings is 2. The molecule has 0 unspecified atom stereocenters. The van der Waals surface area contributed by atoms with Crippen LogP contribution in [0.3, 0.4) is 0 Å². The lowest BCUT2D eigenvalue weighted by Gasteiger charge is -2.09. The van der Waals surface area contributed by atoms with Crippen molar-refractivity contribution in [3.05, 3.63) is 60.3 Å². The molecule has 0 aliphatic rings. The first-order valence-corrected chi connectivity index (χ1v) is 7.93. The van der Waals surface area contributed by atoms with E-state index in [0.717, 1.165) is 22.6 Å². The van der Waals surface area contributed by atoms with Crippen LogP contribution in [0.25, 0.3) is 11.3 Å². The molecule has 1 aromatic heterocycles. The highest BCUT2D eigenvalue weighted by molar-refractivity contribution is 7.98. The lowest BCUT2D eigenvalue weighted by molar-refractivity contribution is 0.910. The largest absolute Gasteiger partial charge is 0.378 e. The minimum atomic E-state index is 0.637. The van der Waals surface area contributed by atoms with Crippen molar-refractivity contribution in [2.45, 2.75) is 11.4 Å². The van der Waals surface area contributed by atoms with Crippen LogP contribution in [0.15, 0.2) is 59.5 Å². The first-order chi connectivity index (χ1) is 10.4. The standard InChI is InChI=1S/C16H16N4S/c1-21-15-10-6-5-9-13(15)17-11-14-16(19-20-18-14)12-7-3-2-4-8-12/h2-10,17H,11H2,1H3,(H,18,19,20). The zero-order chi connectivity index (χ0) is 14.5. The first-order valence-electron chi connectivity index (χ1n) is 6.70. The fourth-order valence-corrected chi connectivity index (χ4v) is 2.75. The van der Waals surface area contributed by atoms with Crippen molar-refractivity contribution < 1.29 is 0 Å². The number of thioether (sulfide) groups is 1. The maximum atomic E-state index is 4.26. The summed E-state index contributed by atoms with van der Waals surface area (Å²) in [5.41, 5.74) is 4.00. The third-order valence-corrected chi connectivity index (χ3v) is 4.02. The maximum absolute atomic E-state index is 4.26. The Labute approximate surface area is 128 Å². The summed E-state index contributed by atoms with van der Waals surface area (Å²) >= 11 is 1.73. The molecular weight excluding hydrogens is 280 g/mol. The lowest BCUT2D eigenvalue weighted by atomic mass is 10.1. The molecule has 1 heterocycles. The number of anilines is 1. The van der Waals surface area contributed by atoms with Crippen LogP contribution >= 0.6 is 11.8 Å². The molecule has 0 radical (unpaired) electrons. The summed E-state index contributed by atoms with van der Waals surface area (Å²) in [4.78, 5) is 1.22. The van der Waals surface area contributed by atoms with E-state index in [9.17, 15) is 0 Å². The van der Waals surface area contributed by atoms with Crippen LogP contribution in [0, 0.1) is 0 Å². The molecule has 0 fully saturated rings. The number of aromatic amines is 1. The highest BCUT2D eigenvalue weighted by Crippen LogP contribution is 2.26. The van der Waals surface area contributed by atoms with Crippen molar-refractivity contribution in [1.82, 2.24) is 15.4 Å². The zero-order valence-corrected chi connectivity index (χ0v) is 12.5. The smallest absolute Gasteiger partial charge is 0.117 e. The molecule has 0 saturated carbocycles. The summed E-state index contributed by atoms with van der Waals surface area (Å²) in [6.07, 6.45) is 2.08. The van der Waals surface area contributed by atoms with Gasteiger partial charge in [0.15, 0.2) is 0 Å². The van der Waals surface area contributed by atoms with E-state index >= 15 is 0 Å². The van der Waals surface area contributed by atoms with Crippen LogP contribution in [-0.4, -0.2) is 21.7 Å². The number of hydrogen-bond donors (Lipinski definition) is 2. The molecular formula is C16H16N4S. The van der Waals surface area contributed by atoms with Crippen LogP contribution in [0.1, 0.15) is 5.69 Å². The summed E-state index contributed by atoms with van der Waals surface area (Å²) < 4.78 is 0. The SMILES string of the molecule is CSc1ccccc1NCc1n[nH]nc1-c1ccccc1. The molecule has 0 bridgehead atoms. The molecule has 0 aliphatic heterocycles. The normalized spacial score (nSPS) is 10.5. The van der Waals surface area contributed by atoms with Crippen molar-refractivity contribution in [3.63, 3.8) is 0 Å². The molecule has 4 nitrogen and oxygen atoms in total.